The van der Waals surface area contributed by atoms with Gasteiger partial charge in [-0.25, -0.2) is 0 Å². The molecule has 1 aliphatic rings. The molecule has 6 heteroatoms. The summed E-state index contributed by atoms with van der Waals surface area (Å²) >= 11 is 0. The molecular weight excluding hydrogens is 330 g/mol. The van der Waals surface area contributed by atoms with Crippen LogP contribution in [0.15, 0.2) is 24.3 Å². The van der Waals surface area contributed by atoms with Gasteiger partial charge in [0.1, 0.15) is 0 Å². The average Bonchev–Trinajstić information content (AvgIpc) is 2.66. The Balaban J connectivity index is 1.82. The van der Waals surface area contributed by atoms with E-state index in [-0.39, 0.29) is 11.8 Å². The second kappa shape index (κ2) is 10.9. The minimum absolute atomic E-state index is 0.0456. The summed E-state index contributed by atoms with van der Waals surface area (Å²) in [7, 11) is 3.65. The summed E-state index contributed by atoms with van der Waals surface area (Å²) in [6.07, 6.45) is 6.91. The van der Waals surface area contributed by atoms with E-state index < -0.39 is 0 Å². The summed E-state index contributed by atoms with van der Waals surface area (Å²) < 4.78 is 4.96. The minimum atomic E-state index is -0.142. The zero-order chi connectivity index (χ0) is 18.8. The number of ether oxygens (including phenoxy) is 1. The molecule has 2 amide bonds. The van der Waals surface area contributed by atoms with Gasteiger partial charge in [0.25, 0.3) is 5.91 Å². The fourth-order valence-electron chi connectivity index (χ4n) is 3.34. The number of likely N-dealkylation sites (N-methyl/N-ethyl adjacent to an activating group) is 1. The maximum Gasteiger partial charge on any atom is 0.251 e. The number of nitrogens with one attached hydrogen (secondary N) is 2. The first kappa shape index (κ1) is 20.4. The van der Waals surface area contributed by atoms with Crippen LogP contribution in [0.1, 0.15) is 48.9 Å². The number of anilines is 1. The van der Waals surface area contributed by atoms with Crippen LogP contribution < -0.4 is 10.6 Å². The fourth-order valence-corrected chi connectivity index (χ4v) is 3.34. The van der Waals surface area contributed by atoms with Crippen LogP contribution in [-0.4, -0.2) is 56.6 Å². The molecule has 1 fully saturated rings. The molecule has 1 aliphatic carbocycles. The average molecular weight is 361 g/mol. The molecule has 1 aromatic rings. The second-order valence-electron chi connectivity index (χ2n) is 6.94. The van der Waals surface area contributed by atoms with E-state index in [4.69, 9.17) is 4.74 Å². The Kier molecular flexibility index (Phi) is 8.58. The van der Waals surface area contributed by atoms with Gasteiger partial charge in [-0.15, -0.1) is 0 Å². The molecule has 2 rings (SSSR count). The smallest absolute Gasteiger partial charge is 0.251 e. The van der Waals surface area contributed by atoms with Crippen molar-refractivity contribution in [3.8, 4) is 0 Å². The lowest BCUT2D eigenvalue weighted by Crippen LogP contribution is -2.39. The molecule has 0 radical (unpaired) electrons. The van der Waals surface area contributed by atoms with Gasteiger partial charge in [0, 0.05) is 37.6 Å². The number of hydrogen-bond acceptors (Lipinski definition) is 4. The van der Waals surface area contributed by atoms with Gasteiger partial charge >= 0.3 is 0 Å². The molecule has 1 aromatic carbocycles. The van der Waals surface area contributed by atoms with E-state index in [9.17, 15) is 9.59 Å². The van der Waals surface area contributed by atoms with Crippen molar-refractivity contribution in [3.05, 3.63) is 29.8 Å². The van der Waals surface area contributed by atoms with Crippen LogP contribution in [0.3, 0.4) is 0 Å². The second-order valence-corrected chi connectivity index (χ2v) is 6.94. The van der Waals surface area contributed by atoms with Gasteiger partial charge in [-0.2, -0.15) is 0 Å². The molecule has 0 saturated heterocycles. The third-order valence-corrected chi connectivity index (χ3v) is 4.81. The van der Waals surface area contributed by atoms with Crippen LogP contribution >= 0.6 is 0 Å². The maximum atomic E-state index is 12.3. The van der Waals surface area contributed by atoms with Gasteiger partial charge in [0.2, 0.25) is 5.91 Å². The lowest BCUT2D eigenvalue weighted by Gasteiger charge is -2.30. The number of rotatable bonds is 9. The molecule has 0 unspecified atom stereocenters. The lowest BCUT2D eigenvalue weighted by molar-refractivity contribution is -0.117. The number of nitrogens with zero attached hydrogens (tertiary/aromatic N) is 1. The third kappa shape index (κ3) is 6.77. The summed E-state index contributed by atoms with van der Waals surface area (Å²) in [4.78, 5) is 26.6. The Bertz CT molecular complexity index is 585. The zero-order valence-electron chi connectivity index (χ0n) is 15.9. The van der Waals surface area contributed by atoms with E-state index in [1.54, 1.807) is 31.4 Å². The number of carbonyl (C=O) groups excluding carboxylic acids is 2. The van der Waals surface area contributed by atoms with E-state index in [1.807, 2.05) is 7.05 Å². The monoisotopic (exact) mass is 361 g/mol. The first-order valence-corrected chi connectivity index (χ1v) is 9.47. The highest BCUT2D eigenvalue weighted by Crippen LogP contribution is 2.21. The third-order valence-electron chi connectivity index (χ3n) is 4.81. The predicted octanol–water partition coefficient (Wildman–Crippen LogP) is 2.66. The summed E-state index contributed by atoms with van der Waals surface area (Å²) in [5, 5.41) is 5.75. The SMILES string of the molecule is COCCCNC(=O)c1cccc(NC(=O)CN(C)C2CCCCC2)c1. The molecule has 144 valence electrons. The Morgan fingerprint density at radius 3 is 2.73 bits per heavy atom. The number of methoxy groups -OCH3 is 1. The molecule has 0 heterocycles. The van der Waals surface area contributed by atoms with Gasteiger partial charge in [0.15, 0.2) is 0 Å². The molecule has 26 heavy (non-hydrogen) atoms. The van der Waals surface area contributed by atoms with Crippen molar-refractivity contribution in [3.63, 3.8) is 0 Å². The molecule has 0 aliphatic heterocycles. The van der Waals surface area contributed by atoms with Crippen molar-refractivity contribution in [1.82, 2.24) is 10.2 Å². The zero-order valence-corrected chi connectivity index (χ0v) is 15.9. The predicted molar refractivity (Wildman–Crippen MR) is 103 cm³/mol. The Labute approximate surface area is 156 Å². The van der Waals surface area contributed by atoms with Crippen LogP contribution in [0.4, 0.5) is 5.69 Å². The van der Waals surface area contributed by atoms with Gasteiger partial charge in [-0.1, -0.05) is 25.3 Å². The van der Waals surface area contributed by atoms with Crippen molar-refractivity contribution in [2.24, 2.45) is 0 Å². The Morgan fingerprint density at radius 1 is 1.23 bits per heavy atom. The van der Waals surface area contributed by atoms with Crippen LogP contribution in [0.25, 0.3) is 0 Å². The number of hydrogen-bond donors (Lipinski definition) is 2. The summed E-state index contributed by atoms with van der Waals surface area (Å²) in [5.74, 6) is -0.188. The fraction of sp³-hybridized carbons (Fsp3) is 0.600. The molecule has 0 bridgehead atoms. The van der Waals surface area contributed by atoms with Crippen LogP contribution in [-0.2, 0) is 9.53 Å². The molecule has 0 aromatic heterocycles. The highest BCUT2D eigenvalue weighted by atomic mass is 16.5. The van der Waals surface area contributed by atoms with Gasteiger partial charge in [-0.3, -0.25) is 14.5 Å². The normalized spacial score (nSPS) is 15.0. The molecular formula is C20H31N3O3. The summed E-state index contributed by atoms with van der Waals surface area (Å²) in [6.45, 7) is 1.55. The molecule has 0 atom stereocenters. The number of benzene rings is 1. The van der Waals surface area contributed by atoms with E-state index in [0.717, 1.165) is 6.42 Å². The highest BCUT2D eigenvalue weighted by Gasteiger charge is 2.19. The van der Waals surface area contributed by atoms with Crippen molar-refractivity contribution in [2.75, 3.05) is 39.2 Å². The highest BCUT2D eigenvalue weighted by molar-refractivity contribution is 5.97. The Morgan fingerprint density at radius 2 is 2.00 bits per heavy atom. The summed E-state index contributed by atoms with van der Waals surface area (Å²) in [6, 6.07) is 7.54. The molecule has 6 nitrogen and oxygen atoms in total. The largest absolute Gasteiger partial charge is 0.385 e. The van der Waals surface area contributed by atoms with Crippen LogP contribution in [0, 0.1) is 0 Å². The maximum absolute atomic E-state index is 12.3. The summed E-state index contributed by atoms with van der Waals surface area (Å²) in [5.41, 5.74) is 1.19. The molecule has 1 saturated carbocycles. The minimum Gasteiger partial charge on any atom is -0.385 e. The first-order valence-electron chi connectivity index (χ1n) is 9.47. The van der Waals surface area contributed by atoms with Gasteiger partial charge in [0.05, 0.1) is 6.54 Å². The molecule has 0 spiro atoms. The van der Waals surface area contributed by atoms with Crippen molar-refractivity contribution in [2.45, 2.75) is 44.6 Å². The van der Waals surface area contributed by atoms with E-state index in [2.05, 4.69) is 15.5 Å². The quantitative estimate of drug-likeness (QED) is 0.664. The Hall–Kier alpha value is -1.92. The van der Waals surface area contributed by atoms with Gasteiger partial charge in [-0.05, 0) is 44.5 Å². The van der Waals surface area contributed by atoms with Crippen LogP contribution in [0.5, 0.6) is 0 Å². The molecule has 2 N–H and O–H groups in total. The topological polar surface area (TPSA) is 70.7 Å². The van der Waals surface area contributed by atoms with Crippen molar-refractivity contribution in [1.29, 1.82) is 0 Å². The van der Waals surface area contributed by atoms with Gasteiger partial charge < -0.3 is 15.4 Å². The van der Waals surface area contributed by atoms with Crippen molar-refractivity contribution < 1.29 is 14.3 Å². The first-order chi connectivity index (χ1) is 12.6. The van der Waals surface area contributed by atoms with E-state index in [0.29, 0.717) is 37.0 Å². The van der Waals surface area contributed by atoms with Crippen LogP contribution in [0.2, 0.25) is 0 Å². The number of carbonyl (C=O) groups is 2. The van der Waals surface area contributed by atoms with E-state index in [1.165, 1.54) is 32.1 Å². The number of amides is 2. The lowest BCUT2D eigenvalue weighted by atomic mass is 9.94. The standard InChI is InChI=1S/C20H31N3O3/c1-23(18-10-4-3-5-11-18)15-19(24)22-17-9-6-8-16(14-17)20(25)21-12-7-13-26-2/h6,8-9,14,18H,3-5,7,10-13,15H2,1-2H3,(H,21,25)(H,22,24). The van der Waals surface area contributed by atoms with Crippen molar-refractivity contribution >= 4 is 17.5 Å². The van der Waals surface area contributed by atoms with E-state index >= 15 is 0 Å².